The molecule has 0 radical (unpaired) electrons. The zero-order valence-corrected chi connectivity index (χ0v) is 13.5. The Bertz CT molecular complexity index is 856. The highest BCUT2D eigenvalue weighted by Crippen LogP contribution is 2.46. The number of hydrogen-bond acceptors (Lipinski definition) is 4. The first kappa shape index (κ1) is 17.9. The Balaban J connectivity index is 2.04. The predicted molar refractivity (Wildman–Crippen MR) is 77.3 cm³/mol. The van der Waals surface area contributed by atoms with E-state index in [1.165, 1.54) is 0 Å². The highest BCUT2D eigenvalue weighted by atomic mass is 32.2. The number of fused-ring (bicyclic) bond motifs is 1. The van der Waals surface area contributed by atoms with Crippen LogP contribution in [0.25, 0.3) is 4.85 Å². The molecule has 0 spiro atoms. The lowest BCUT2D eigenvalue weighted by Crippen LogP contribution is -2.25. The first-order valence-corrected chi connectivity index (χ1v) is 8.81. The fourth-order valence-corrected chi connectivity index (χ4v) is 3.81. The Morgan fingerprint density at radius 3 is 2.52 bits per heavy atom. The van der Waals surface area contributed by atoms with Gasteiger partial charge in [-0.15, -0.1) is 0 Å². The molecular weight excluding hydrogens is 366 g/mol. The maximum absolute atomic E-state index is 13.9. The van der Waals surface area contributed by atoms with Crippen molar-refractivity contribution in [3.05, 3.63) is 34.7 Å². The normalized spacial score (nSPS) is 24.5. The van der Waals surface area contributed by atoms with Gasteiger partial charge in [0.15, 0.2) is 6.61 Å². The third-order valence-electron chi connectivity index (χ3n) is 4.47. The van der Waals surface area contributed by atoms with E-state index in [0.29, 0.717) is 18.9 Å². The van der Waals surface area contributed by atoms with Gasteiger partial charge in [-0.2, -0.15) is 13.2 Å². The molecule has 0 amide bonds. The third kappa shape index (κ3) is 2.85. The minimum atomic E-state index is -5.74. The molecule has 2 atom stereocenters. The second kappa shape index (κ2) is 5.57. The molecule has 2 aliphatic carbocycles. The van der Waals surface area contributed by atoms with Crippen molar-refractivity contribution in [2.45, 2.75) is 47.5 Å². The molecular formula is C15H13F4NO4S. The van der Waals surface area contributed by atoms with Crippen molar-refractivity contribution >= 4 is 9.84 Å². The van der Waals surface area contributed by atoms with E-state index in [0.717, 1.165) is 6.07 Å². The molecule has 0 saturated heterocycles. The molecule has 1 N–H and O–H groups in total. The van der Waals surface area contributed by atoms with Gasteiger partial charge in [0.1, 0.15) is 18.0 Å². The number of sulfone groups is 1. The number of alkyl halides is 4. The summed E-state index contributed by atoms with van der Waals surface area (Å²) in [6.07, 6.45) is -3.14. The first-order chi connectivity index (χ1) is 11.5. The van der Waals surface area contributed by atoms with E-state index >= 15 is 0 Å². The zero-order chi connectivity index (χ0) is 18.6. The summed E-state index contributed by atoms with van der Waals surface area (Å²) in [6.45, 7) is 7.05. The van der Waals surface area contributed by atoms with Crippen LogP contribution < -0.4 is 4.74 Å². The van der Waals surface area contributed by atoms with Crippen LogP contribution >= 0.6 is 0 Å². The summed E-state index contributed by atoms with van der Waals surface area (Å²) in [4.78, 5) is 2.25. The number of nitrogens with zero attached hydrogens (tertiary/aromatic N) is 1. The molecule has 0 bridgehead atoms. The molecule has 2 aliphatic rings. The number of benzene rings is 1. The fraction of sp³-hybridized carbons (Fsp3) is 0.533. The average molecular weight is 379 g/mol. The number of rotatable bonds is 4. The lowest BCUT2D eigenvalue weighted by Gasteiger charge is -2.17. The molecule has 3 rings (SSSR count). The molecule has 1 aromatic carbocycles. The van der Waals surface area contributed by atoms with Gasteiger partial charge in [-0.05, 0) is 12.1 Å². The largest absolute Gasteiger partial charge is 0.501 e. The van der Waals surface area contributed by atoms with Crippen molar-refractivity contribution in [3.8, 4) is 5.75 Å². The van der Waals surface area contributed by atoms with Crippen LogP contribution in [-0.2, 0) is 16.3 Å². The number of aliphatic hydroxyl groups is 1. The van der Waals surface area contributed by atoms with Crippen molar-refractivity contribution in [1.29, 1.82) is 0 Å². The standard InChI is InChI=1S/C15H13F4NO4S/c1-20-14(4-5-14)7-24-10-2-3-11(25(22,23)15(17,18)19)12-8(10)6-9(16)13(12)21/h2-3,9,13,21H,4-7H2/t9-,13-/m1/s1. The molecule has 10 heteroatoms. The zero-order valence-electron chi connectivity index (χ0n) is 12.7. The van der Waals surface area contributed by atoms with Gasteiger partial charge in [0, 0.05) is 30.4 Å². The van der Waals surface area contributed by atoms with Gasteiger partial charge in [-0.1, -0.05) is 0 Å². The van der Waals surface area contributed by atoms with Gasteiger partial charge in [0.2, 0.25) is 0 Å². The molecule has 136 valence electrons. The van der Waals surface area contributed by atoms with Crippen molar-refractivity contribution in [2.24, 2.45) is 0 Å². The summed E-state index contributed by atoms with van der Waals surface area (Å²) in [6, 6.07) is 1.68. The Morgan fingerprint density at radius 2 is 2.00 bits per heavy atom. The van der Waals surface area contributed by atoms with Gasteiger partial charge in [0.05, 0.1) is 4.90 Å². The molecule has 1 aromatic rings. The van der Waals surface area contributed by atoms with Crippen LogP contribution in [0.3, 0.4) is 0 Å². The first-order valence-electron chi connectivity index (χ1n) is 7.33. The van der Waals surface area contributed by atoms with Gasteiger partial charge in [0.25, 0.3) is 15.4 Å². The van der Waals surface area contributed by atoms with Crippen LogP contribution in [0, 0.1) is 6.57 Å². The molecule has 25 heavy (non-hydrogen) atoms. The molecule has 1 saturated carbocycles. The number of hydrogen-bond donors (Lipinski definition) is 1. The predicted octanol–water partition coefficient (Wildman–Crippen LogP) is 2.74. The molecule has 5 nitrogen and oxygen atoms in total. The quantitative estimate of drug-likeness (QED) is 0.645. The highest BCUT2D eigenvalue weighted by Gasteiger charge is 2.53. The average Bonchev–Trinajstić information content (AvgIpc) is 3.25. The van der Waals surface area contributed by atoms with Crippen LogP contribution in [0.1, 0.15) is 30.1 Å². The van der Waals surface area contributed by atoms with E-state index in [9.17, 15) is 31.1 Å². The third-order valence-corrected chi connectivity index (χ3v) is 6.01. The summed E-state index contributed by atoms with van der Waals surface area (Å²) >= 11 is 0. The second-order valence-electron chi connectivity index (χ2n) is 6.19. The number of halogens is 4. The lowest BCUT2D eigenvalue weighted by molar-refractivity contribution is -0.0437. The summed E-state index contributed by atoms with van der Waals surface area (Å²) in [7, 11) is -5.74. The minimum Gasteiger partial charge on any atom is -0.485 e. The van der Waals surface area contributed by atoms with Crippen LogP contribution in [0.5, 0.6) is 5.75 Å². The van der Waals surface area contributed by atoms with Crippen LogP contribution in [0.15, 0.2) is 17.0 Å². The second-order valence-corrected chi connectivity index (χ2v) is 8.10. The Morgan fingerprint density at radius 1 is 1.36 bits per heavy atom. The van der Waals surface area contributed by atoms with Crippen LogP contribution in [0.2, 0.25) is 0 Å². The van der Waals surface area contributed by atoms with Gasteiger partial charge >= 0.3 is 5.51 Å². The lowest BCUT2D eigenvalue weighted by atomic mass is 10.1. The minimum absolute atomic E-state index is 0.00903. The SMILES string of the molecule is [C-]#[N+]C1(COc2ccc(S(=O)(=O)C(F)(F)F)c3c2C[C@@H](F)[C@H]3O)CC1. The summed E-state index contributed by atoms with van der Waals surface area (Å²) in [5.41, 5.74) is -6.98. The van der Waals surface area contributed by atoms with Crippen LogP contribution in [0.4, 0.5) is 17.6 Å². The summed E-state index contributed by atoms with van der Waals surface area (Å²) in [5, 5.41) is 9.86. The maximum Gasteiger partial charge on any atom is 0.501 e. The van der Waals surface area contributed by atoms with Crippen molar-refractivity contribution < 1.29 is 35.8 Å². The monoisotopic (exact) mass is 379 g/mol. The van der Waals surface area contributed by atoms with E-state index in [-0.39, 0.29) is 17.9 Å². The summed E-state index contributed by atoms with van der Waals surface area (Å²) < 4.78 is 81.3. The Hall–Kier alpha value is -1.86. The van der Waals surface area contributed by atoms with Crippen molar-refractivity contribution in [1.82, 2.24) is 0 Å². The van der Waals surface area contributed by atoms with E-state index < -0.39 is 50.0 Å². The molecule has 1 fully saturated rings. The van der Waals surface area contributed by atoms with E-state index in [1.807, 2.05) is 0 Å². The van der Waals surface area contributed by atoms with E-state index in [1.54, 1.807) is 0 Å². The number of aliphatic hydroxyl groups excluding tert-OH is 1. The smallest absolute Gasteiger partial charge is 0.485 e. The fourth-order valence-electron chi connectivity index (χ4n) is 2.78. The van der Waals surface area contributed by atoms with E-state index in [2.05, 4.69) is 4.85 Å². The molecule has 0 heterocycles. The highest BCUT2D eigenvalue weighted by molar-refractivity contribution is 7.92. The van der Waals surface area contributed by atoms with Gasteiger partial charge in [-0.25, -0.2) is 19.4 Å². The number of ether oxygens (including phenoxy) is 1. The maximum atomic E-state index is 13.9. The van der Waals surface area contributed by atoms with Gasteiger partial charge < -0.3 is 14.7 Å². The molecule has 0 aromatic heterocycles. The molecule has 0 aliphatic heterocycles. The van der Waals surface area contributed by atoms with Crippen molar-refractivity contribution in [3.63, 3.8) is 0 Å². The van der Waals surface area contributed by atoms with E-state index in [4.69, 9.17) is 11.3 Å². The Kier molecular flexibility index (Phi) is 4.00. The topological polar surface area (TPSA) is 68.0 Å². The Labute approximate surface area is 141 Å². The van der Waals surface area contributed by atoms with Crippen LogP contribution in [-0.4, -0.2) is 37.4 Å². The summed E-state index contributed by atoms with van der Waals surface area (Å²) in [5.74, 6) is -0.00903. The van der Waals surface area contributed by atoms with Crippen molar-refractivity contribution in [2.75, 3.05) is 6.61 Å². The van der Waals surface area contributed by atoms with Gasteiger partial charge in [-0.3, -0.25) is 0 Å². The molecule has 0 unspecified atom stereocenters.